The molecule has 0 spiro atoms. The zero-order valence-electron chi connectivity index (χ0n) is 21.4. The number of ether oxygens (including phenoxy) is 2. The Morgan fingerprint density at radius 2 is 1.66 bits per heavy atom. The van der Waals surface area contributed by atoms with E-state index in [9.17, 15) is 9.18 Å². The maximum absolute atomic E-state index is 13.5. The molecule has 3 aliphatic heterocycles. The van der Waals surface area contributed by atoms with Crippen molar-refractivity contribution in [3.63, 3.8) is 0 Å². The summed E-state index contributed by atoms with van der Waals surface area (Å²) in [6, 6.07) is 20.6. The molecule has 6 nitrogen and oxygen atoms in total. The van der Waals surface area contributed by atoms with E-state index >= 15 is 0 Å². The number of anilines is 2. The number of hydrogen-bond donors (Lipinski definition) is 0. The molecule has 0 saturated carbocycles. The molecule has 0 radical (unpaired) electrons. The molecule has 0 aromatic heterocycles. The molecule has 6 rings (SSSR count). The smallest absolute Gasteiger partial charge is 0.251 e. The molecule has 38 heavy (non-hydrogen) atoms. The van der Waals surface area contributed by atoms with Crippen molar-refractivity contribution in [1.29, 1.82) is 0 Å². The van der Waals surface area contributed by atoms with E-state index in [4.69, 9.17) is 9.47 Å². The van der Waals surface area contributed by atoms with E-state index in [1.807, 2.05) is 35.2 Å². The van der Waals surface area contributed by atoms with Crippen molar-refractivity contribution in [3.8, 4) is 11.5 Å². The highest BCUT2D eigenvalue weighted by molar-refractivity contribution is 6.05. The Kier molecular flexibility index (Phi) is 7.01. The average Bonchev–Trinajstić information content (AvgIpc) is 2.97. The topological polar surface area (TPSA) is 45.3 Å². The molecule has 3 heterocycles. The maximum atomic E-state index is 13.5. The molecular formula is C31H32FN3O3. The third-order valence-electron chi connectivity index (χ3n) is 7.62. The fraction of sp³-hybridized carbons (Fsp3) is 0.323. The van der Waals surface area contributed by atoms with E-state index in [2.05, 4.69) is 21.9 Å². The molecule has 7 heteroatoms. The Morgan fingerprint density at radius 1 is 0.895 bits per heavy atom. The van der Waals surface area contributed by atoms with Crippen molar-refractivity contribution in [3.05, 3.63) is 89.8 Å². The van der Waals surface area contributed by atoms with E-state index in [0.29, 0.717) is 13.2 Å². The summed E-state index contributed by atoms with van der Waals surface area (Å²) in [7, 11) is 0. The monoisotopic (exact) mass is 513 g/mol. The van der Waals surface area contributed by atoms with Crippen LogP contribution >= 0.6 is 0 Å². The standard InChI is InChI=1S/C31H32FN3O3/c32-25-12-8-23(9-13-25)10-15-30(36)35-26(14-11-24-4-1-2-5-27(24)35)22-33-16-18-34(19-17-33)28-6-3-7-29-31(28)38-21-20-37-29/h1-10,12-13,15,26H,11,14,16-22H2. The number of amides is 1. The number of piperazine rings is 1. The van der Waals surface area contributed by atoms with E-state index < -0.39 is 0 Å². The molecule has 1 atom stereocenters. The van der Waals surface area contributed by atoms with Crippen LogP contribution in [0.4, 0.5) is 15.8 Å². The lowest BCUT2D eigenvalue weighted by Gasteiger charge is -2.42. The molecule has 1 saturated heterocycles. The Bertz CT molecular complexity index is 1320. The number of aryl methyl sites for hydroxylation is 1. The molecule has 0 aliphatic carbocycles. The van der Waals surface area contributed by atoms with Gasteiger partial charge in [0.15, 0.2) is 11.5 Å². The Labute approximate surface area is 222 Å². The van der Waals surface area contributed by atoms with Crippen LogP contribution in [0.15, 0.2) is 72.8 Å². The Morgan fingerprint density at radius 3 is 2.50 bits per heavy atom. The number of fused-ring (bicyclic) bond motifs is 2. The first-order valence-corrected chi connectivity index (χ1v) is 13.4. The van der Waals surface area contributed by atoms with Gasteiger partial charge in [-0.3, -0.25) is 9.69 Å². The van der Waals surface area contributed by atoms with Gasteiger partial charge in [-0.05, 0) is 60.4 Å². The lowest BCUT2D eigenvalue weighted by atomic mass is 9.95. The van der Waals surface area contributed by atoms with Gasteiger partial charge in [-0.15, -0.1) is 0 Å². The zero-order valence-corrected chi connectivity index (χ0v) is 21.4. The maximum Gasteiger partial charge on any atom is 0.251 e. The van der Waals surface area contributed by atoms with Gasteiger partial charge in [-0.2, -0.15) is 0 Å². The van der Waals surface area contributed by atoms with Gasteiger partial charge < -0.3 is 19.3 Å². The van der Waals surface area contributed by atoms with Crippen molar-refractivity contribution in [1.82, 2.24) is 4.90 Å². The van der Waals surface area contributed by atoms with E-state index in [-0.39, 0.29) is 17.8 Å². The van der Waals surface area contributed by atoms with E-state index in [0.717, 1.165) is 74.0 Å². The number of halogens is 1. The number of carbonyl (C=O) groups is 1. The number of benzene rings is 3. The second kappa shape index (κ2) is 10.9. The minimum atomic E-state index is -0.286. The van der Waals surface area contributed by atoms with Gasteiger partial charge in [0.2, 0.25) is 0 Å². The Hall–Kier alpha value is -3.84. The van der Waals surface area contributed by atoms with E-state index in [1.54, 1.807) is 24.3 Å². The fourth-order valence-electron chi connectivity index (χ4n) is 5.68. The average molecular weight is 514 g/mol. The predicted octanol–water partition coefficient (Wildman–Crippen LogP) is 4.78. The summed E-state index contributed by atoms with van der Waals surface area (Å²) in [4.78, 5) is 20.3. The number of nitrogens with zero attached hydrogens (tertiary/aromatic N) is 3. The molecule has 196 valence electrons. The SMILES string of the molecule is O=C(C=Cc1ccc(F)cc1)N1c2ccccc2CCC1CN1CCN(c2cccc3c2OCCO3)CC1. The molecule has 1 unspecified atom stereocenters. The Balaban J connectivity index is 1.15. The lowest BCUT2D eigenvalue weighted by Crippen LogP contribution is -2.54. The van der Waals surface area contributed by atoms with Gasteiger partial charge in [-0.25, -0.2) is 4.39 Å². The van der Waals surface area contributed by atoms with Gasteiger partial charge in [-0.1, -0.05) is 36.4 Å². The zero-order chi connectivity index (χ0) is 25.9. The summed E-state index contributed by atoms with van der Waals surface area (Å²) < 4.78 is 25.0. The number of para-hydroxylation sites is 2. The van der Waals surface area contributed by atoms with Gasteiger partial charge in [0, 0.05) is 44.5 Å². The largest absolute Gasteiger partial charge is 0.486 e. The number of rotatable bonds is 5. The first-order valence-electron chi connectivity index (χ1n) is 13.4. The van der Waals surface area contributed by atoms with Crippen LogP contribution in [0.25, 0.3) is 6.08 Å². The molecule has 3 aromatic rings. The highest BCUT2D eigenvalue weighted by Crippen LogP contribution is 2.40. The van der Waals surface area contributed by atoms with Gasteiger partial charge in [0.25, 0.3) is 5.91 Å². The molecule has 1 amide bonds. The van der Waals surface area contributed by atoms with E-state index in [1.165, 1.54) is 17.7 Å². The quantitative estimate of drug-likeness (QED) is 0.460. The molecule has 1 fully saturated rings. The van der Waals surface area contributed by atoms with Crippen LogP contribution in [0.2, 0.25) is 0 Å². The summed E-state index contributed by atoms with van der Waals surface area (Å²) in [5, 5.41) is 0. The summed E-state index contributed by atoms with van der Waals surface area (Å²) in [5.41, 5.74) is 4.09. The molecular weight excluding hydrogens is 481 g/mol. The predicted molar refractivity (Wildman–Crippen MR) is 148 cm³/mol. The van der Waals surface area contributed by atoms with Crippen LogP contribution in [0.1, 0.15) is 17.5 Å². The second-order valence-corrected chi connectivity index (χ2v) is 10.0. The first-order chi connectivity index (χ1) is 18.7. The second-order valence-electron chi connectivity index (χ2n) is 10.0. The molecule has 0 N–H and O–H groups in total. The van der Waals surface area contributed by atoms with Crippen LogP contribution in [0, 0.1) is 5.82 Å². The number of hydrogen-bond acceptors (Lipinski definition) is 5. The fourth-order valence-corrected chi connectivity index (χ4v) is 5.68. The van der Waals surface area contributed by atoms with Crippen molar-refractivity contribution in [2.45, 2.75) is 18.9 Å². The van der Waals surface area contributed by atoms with Crippen molar-refractivity contribution < 1.29 is 18.7 Å². The minimum Gasteiger partial charge on any atom is -0.486 e. The van der Waals surface area contributed by atoms with Gasteiger partial charge in [0.1, 0.15) is 19.0 Å². The summed E-state index contributed by atoms with van der Waals surface area (Å²) in [6.07, 6.45) is 5.26. The molecule has 3 aromatic carbocycles. The van der Waals surface area contributed by atoms with Crippen molar-refractivity contribution >= 4 is 23.4 Å². The van der Waals surface area contributed by atoms with Crippen molar-refractivity contribution in [2.24, 2.45) is 0 Å². The first kappa shape index (κ1) is 24.5. The molecule has 0 bridgehead atoms. The van der Waals surface area contributed by atoms with Gasteiger partial charge in [0.05, 0.1) is 11.7 Å². The molecule has 3 aliphatic rings. The summed E-state index contributed by atoms with van der Waals surface area (Å²) >= 11 is 0. The third-order valence-corrected chi connectivity index (χ3v) is 7.62. The van der Waals surface area contributed by atoms with Crippen LogP contribution in [-0.4, -0.2) is 62.8 Å². The highest BCUT2D eigenvalue weighted by atomic mass is 19.1. The van der Waals surface area contributed by atoms with Crippen LogP contribution < -0.4 is 19.3 Å². The van der Waals surface area contributed by atoms with Crippen LogP contribution in [0.5, 0.6) is 11.5 Å². The number of carbonyl (C=O) groups excluding carboxylic acids is 1. The highest BCUT2D eigenvalue weighted by Gasteiger charge is 2.32. The van der Waals surface area contributed by atoms with Crippen LogP contribution in [-0.2, 0) is 11.2 Å². The normalized spacial score (nSPS) is 19.4. The summed E-state index contributed by atoms with van der Waals surface area (Å²) in [5.74, 6) is 1.34. The lowest BCUT2D eigenvalue weighted by molar-refractivity contribution is -0.114. The van der Waals surface area contributed by atoms with Crippen LogP contribution in [0.3, 0.4) is 0 Å². The third kappa shape index (κ3) is 5.11. The van der Waals surface area contributed by atoms with Crippen molar-refractivity contribution in [2.75, 3.05) is 55.7 Å². The van der Waals surface area contributed by atoms with Gasteiger partial charge >= 0.3 is 0 Å². The minimum absolute atomic E-state index is 0.0434. The summed E-state index contributed by atoms with van der Waals surface area (Å²) in [6.45, 7) is 5.59.